The molecule has 1 atom stereocenters. The van der Waals surface area contributed by atoms with Crippen molar-refractivity contribution in [1.29, 1.82) is 0 Å². The average Bonchev–Trinajstić information content (AvgIpc) is 2.48. The summed E-state index contributed by atoms with van der Waals surface area (Å²) < 4.78 is 26.6. The minimum Gasteiger partial charge on any atom is -0.396 e. The summed E-state index contributed by atoms with van der Waals surface area (Å²) in [7, 11) is -3.30. The topological polar surface area (TPSA) is 83.6 Å². The highest BCUT2D eigenvalue weighted by Gasteiger charge is 2.28. The summed E-state index contributed by atoms with van der Waals surface area (Å²) in [6.07, 6.45) is 2.54. The third kappa shape index (κ3) is 4.51. The summed E-state index contributed by atoms with van der Waals surface area (Å²) in [6.45, 7) is 1.65. The molecule has 1 aliphatic heterocycles. The first-order valence-electron chi connectivity index (χ1n) is 7.41. The normalized spacial score (nSPS) is 20.6. The maximum Gasteiger partial charge on any atom is 0.218 e. The summed E-state index contributed by atoms with van der Waals surface area (Å²) in [5.41, 5.74) is 7.32. The van der Waals surface area contributed by atoms with Crippen LogP contribution in [0.1, 0.15) is 30.4 Å². The summed E-state index contributed by atoms with van der Waals surface area (Å²) in [5, 5.41) is 9.02. The van der Waals surface area contributed by atoms with E-state index in [1.807, 2.05) is 24.3 Å². The minimum absolute atomic E-state index is 0.0205. The number of nitrogens with zero attached hydrogens (tertiary/aromatic N) is 1. The third-order valence-corrected chi connectivity index (χ3v) is 5.81. The van der Waals surface area contributed by atoms with Gasteiger partial charge in [0.25, 0.3) is 0 Å². The van der Waals surface area contributed by atoms with Crippen LogP contribution in [0, 0.1) is 5.92 Å². The van der Waals surface area contributed by atoms with Crippen molar-refractivity contribution in [3.63, 3.8) is 0 Å². The molecule has 1 aliphatic rings. The van der Waals surface area contributed by atoms with Gasteiger partial charge in [0.15, 0.2) is 0 Å². The largest absolute Gasteiger partial charge is 0.396 e. The standard InChI is InChI=1S/C15H24N2O3S/c16-10-14-3-1-4-15(9-14)12-21(19,20)17-7-2-5-13(11-17)6-8-18/h1,3-4,9,13,18H,2,5-8,10-12,16H2. The monoisotopic (exact) mass is 312 g/mol. The fourth-order valence-electron chi connectivity index (χ4n) is 2.85. The van der Waals surface area contributed by atoms with Crippen LogP contribution >= 0.6 is 0 Å². The molecule has 6 heteroatoms. The Labute approximate surface area is 126 Å². The van der Waals surface area contributed by atoms with Gasteiger partial charge >= 0.3 is 0 Å². The average molecular weight is 312 g/mol. The molecule has 118 valence electrons. The molecule has 3 N–H and O–H groups in total. The zero-order valence-electron chi connectivity index (χ0n) is 12.2. The second-order valence-corrected chi connectivity index (χ2v) is 7.63. The van der Waals surface area contributed by atoms with Gasteiger partial charge in [0.1, 0.15) is 0 Å². The van der Waals surface area contributed by atoms with E-state index in [1.54, 1.807) is 4.31 Å². The molecule has 1 aromatic carbocycles. The summed E-state index contributed by atoms with van der Waals surface area (Å²) in [5.74, 6) is 0.293. The van der Waals surface area contributed by atoms with Crippen molar-refractivity contribution in [3.8, 4) is 0 Å². The third-order valence-electron chi connectivity index (χ3n) is 3.99. The Kier molecular flexibility index (Phi) is 5.75. The van der Waals surface area contributed by atoms with Crippen LogP contribution in [0.25, 0.3) is 0 Å². The molecule has 1 fully saturated rings. The highest BCUT2D eigenvalue weighted by molar-refractivity contribution is 7.88. The van der Waals surface area contributed by atoms with Crippen molar-refractivity contribution in [2.45, 2.75) is 31.6 Å². The van der Waals surface area contributed by atoms with E-state index in [9.17, 15) is 8.42 Å². The molecule has 1 aromatic rings. The van der Waals surface area contributed by atoms with Gasteiger partial charge in [-0.3, -0.25) is 0 Å². The number of piperidine rings is 1. The van der Waals surface area contributed by atoms with Crippen molar-refractivity contribution < 1.29 is 13.5 Å². The molecule has 2 rings (SSSR count). The molecule has 0 bridgehead atoms. The number of hydrogen-bond acceptors (Lipinski definition) is 4. The Morgan fingerprint density at radius 1 is 1.33 bits per heavy atom. The van der Waals surface area contributed by atoms with Crippen LogP contribution in [0.4, 0.5) is 0 Å². The van der Waals surface area contributed by atoms with Crippen molar-refractivity contribution in [3.05, 3.63) is 35.4 Å². The van der Waals surface area contributed by atoms with Crippen molar-refractivity contribution in [1.82, 2.24) is 4.31 Å². The molecule has 1 saturated heterocycles. The maximum absolute atomic E-state index is 12.5. The van der Waals surface area contributed by atoms with E-state index in [4.69, 9.17) is 10.8 Å². The Morgan fingerprint density at radius 2 is 2.10 bits per heavy atom. The number of sulfonamides is 1. The number of aliphatic hydroxyl groups is 1. The van der Waals surface area contributed by atoms with E-state index in [-0.39, 0.29) is 18.3 Å². The number of hydrogen-bond donors (Lipinski definition) is 2. The molecule has 1 unspecified atom stereocenters. The van der Waals surface area contributed by atoms with Crippen LogP contribution in [0.2, 0.25) is 0 Å². The molecule has 0 radical (unpaired) electrons. The Hall–Kier alpha value is -0.950. The zero-order chi connectivity index (χ0) is 15.3. The fourth-order valence-corrected chi connectivity index (χ4v) is 4.47. The van der Waals surface area contributed by atoms with Gasteiger partial charge in [-0.1, -0.05) is 24.3 Å². The first-order valence-corrected chi connectivity index (χ1v) is 9.02. The van der Waals surface area contributed by atoms with Gasteiger partial charge in [0, 0.05) is 26.2 Å². The molecule has 0 spiro atoms. The van der Waals surface area contributed by atoms with Crippen LogP contribution in [0.3, 0.4) is 0 Å². The van der Waals surface area contributed by atoms with Crippen LogP contribution in [0.5, 0.6) is 0 Å². The summed E-state index contributed by atoms with van der Waals surface area (Å²) in [4.78, 5) is 0. The fraction of sp³-hybridized carbons (Fsp3) is 0.600. The second-order valence-electron chi connectivity index (χ2n) is 5.66. The molecular formula is C15H24N2O3S. The summed E-state index contributed by atoms with van der Waals surface area (Å²) >= 11 is 0. The van der Waals surface area contributed by atoms with Crippen LogP contribution in [-0.4, -0.2) is 37.5 Å². The Bertz CT molecular complexity index is 558. The molecule has 0 saturated carbocycles. The number of benzene rings is 1. The van der Waals surface area contributed by atoms with Gasteiger partial charge < -0.3 is 10.8 Å². The number of aliphatic hydroxyl groups excluding tert-OH is 1. The number of nitrogens with two attached hydrogens (primary N) is 1. The smallest absolute Gasteiger partial charge is 0.218 e. The summed E-state index contributed by atoms with van der Waals surface area (Å²) in [6, 6.07) is 7.42. The van der Waals surface area contributed by atoms with E-state index in [1.165, 1.54) is 0 Å². The Morgan fingerprint density at radius 3 is 2.81 bits per heavy atom. The van der Waals surface area contributed by atoms with Gasteiger partial charge in [0.05, 0.1) is 5.75 Å². The maximum atomic E-state index is 12.5. The van der Waals surface area contributed by atoms with Gasteiger partial charge in [-0.05, 0) is 36.3 Å². The van der Waals surface area contributed by atoms with E-state index >= 15 is 0 Å². The van der Waals surface area contributed by atoms with E-state index in [0.29, 0.717) is 26.1 Å². The van der Waals surface area contributed by atoms with Gasteiger partial charge in [0.2, 0.25) is 10.0 Å². The molecule has 0 aromatic heterocycles. The van der Waals surface area contributed by atoms with Crippen LogP contribution < -0.4 is 5.73 Å². The molecular weight excluding hydrogens is 288 g/mol. The molecule has 0 aliphatic carbocycles. The first-order chi connectivity index (χ1) is 10.0. The van der Waals surface area contributed by atoms with Crippen molar-refractivity contribution >= 4 is 10.0 Å². The second kappa shape index (κ2) is 7.35. The number of rotatable bonds is 6. The zero-order valence-corrected chi connectivity index (χ0v) is 13.1. The van der Waals surface area contributed by atoms with Gasteiger partial charge in [-0.25, -0.2) is 12.7 Å². The quantitative estimate of drug-likeness (QED) is 0.823. The molecule has 1 heterocycles. The lowest BCUT2D eigenvalue weighted by Gasteiger charge is -2.31. The lowest BCUT2D eigenvalue weighted by molar-refractivity contribution is 0.202. The minimum atomic E-state index is -3.30. The van der Waals surface area contributed by atoms with Crippen molar-refractivity contribution in [2.75, 3.05) is 19.7 Å². The predicted octanol–water partition coefficient (Wildman–Crippen LogP) is 1.07. The van der Waals surface area contributed by atoms with E-state index in [2.05, 4.69) is 0 Å². The first kappa shape index (κ1) is 16.4. The van der Waals surface area contributed by atoms with E-state index < -0.39 is 10.0 Å². The van der Waals surface area contributed by atoms with E-state index in [0.717, 1.165) is 24.0 Å². The molecule has 5 nitrogen and oxygen atoms in total. The highest BCUT2D eigenvalue weighted by Crippen LogP contribution is 2.23. The molecule has 0 amide bonds. The van der Waals surface area contributed by atoms with Crippen LogP contribution in [0.15, 0.2) is 24.3 Å². The van der Waals surface area contributed by atoms with Crippen molar-refractivity contribution in [2.24, 2.45) is 11.7 Å². The van der Waals surface area contributed by atoms with Crippen LogP contribution in [-0.2, 0) is 22.3 Å². The SMILES string of the molecule is NCc1cccc(CS(=O)(=O)N2CCCC(CCO)C2)c1. The van der Waals surface area contributed by atoms with Gasteiger partial charge in [-0.15, -0.1) is 0 Å². The highest BCUT2D eigenvalue weighted by atomic mass is 32.2. The predicted molar refractivity (Wildman–Crippen MR) is 83.0 cm³/mol. The Balaban J connectivity index is 2.06. The molecule has 21 heavy (non-hydrogen) atoms. The lowest BCUT2D eigenvalue weighted by Crippen LogP contribution is -2.40. The lowest BCUT2D eigenvalue weighted by atomic mass is 9.97. The van der Waals surface area contributed by atoms with Gasteiger partial charge in [-0.2, -0.15) is 0 Å².